The highest BCUT2D eigenvalue weighted by molar-refractivity contribution is 6.36. The Hall–Kier alpha value is -1.75. The van der Waals surface area contributed by atoms with Crippen molar-refractivity contribution in [3.8, 4) is 0 Å². The zero-order valence-electron chi connectivity index (χ0n) is 20.5. The van der Waals surface area contributed by atoms with E-state index in [1.165, 1.54) is 29.5 Å². The van der Waals surface area contributed by atoms with Crippen LogP contribution in [0.5, 0.6) is 0 Å². The lowest BCUT2D eigenvalue weighted by molar-refractivity contribution is -0.147. The molecule has 33 heavy (non-hydrogen) atoms. The molecule has 0 aliphatic carbocycles. The standard InChI is InChI=1S/C25H30Cl2N2O2.C2H6/c1-16-11-20(29-13-19(14-29)24-22(26)5-4-6-23(24)27)12-17(2)21(16)15-28-9-7-18(8-10-28)25(30)31-3;1-2/h4-6,11-12,18-19H,7-10,13-15H2,1-3H3;1-2H3. The number of anilines is 1. The van der Waals surface area contributed by atoms with E-state index in [4.69, 9.17) is 27.9 Å². The molecule has 0 amide bonds. The maximum absolute atomic E-state index is 11.8. The van der Waals surface area contributed by atoms with Crippen LogP contribution in [-0.2, 0) is 16.1 Å². The third-order valence-electron chi connectivity index (χ3n) is 6.84. The molecule has 0 bridgehead atoms. The predicted octanol–water partition coefficient (Wildman–Crippen LogP) is 6.63. The first-order valence-corrected chi connectivity index (χ1v) is 12.7. The highest BCUT2D eigenvalue weighted by Gasteiger charge is 2.32. The number of carbonyl (C=O) groups is 1. The number of esters is 1. The number of halogens is 2. The van der Waals surface area contributed by atoms with E-state index in [1.807, 2.05) is 32.0 Å². The lowest BCUT2D eigenvalue weighted by atomic mass is 9.89. The number of aryl methyl sites for hydroxylation is 2. The molecule has 6 heteroatoms. The van der Waals surface area contributed by atoms with Gasteiger partial charge in [0.15, 0.2) is 0 Å². The van der Waals surface area contributed by atoms with Gasteiger partial charge in [0.25, 0.3) is 0 Å². The Labute approximate surface area is 208 Å². The van der Waals surface area contributed by atoms with Crippen molar-refractivity contribution in [1.29, 1.82) is 0 Å². The molecule has 2 aromatic rings. The lowest BCUT2D eigenvalue weighted by Crippen LogP contribution is -2.45. The molecular formula is C27H36Cl2N2O2. The summed E-state index contributed by atoms with van der Waals surface area (Å²) < 4.78 is 4.91. The summed E-state index contributed by atoms with van der Waals surface area (Å²) in [5.41, 5.74) is 6.38. The van der Waals surface area contributed by atoms with Crippen molar-refractivity contribution in [1.82, 2.24) is 4.90 Å². The van der Waals surface area contributed by atoms with Crippen LogP contribution in [-0.4, -0.2) is 44.2 Å². The van der Waals surface area contributed by atoms with Crippen molar-refractivity contribution in [2.24, 2.45) is 5.92 Å². The summed E-state index contributed by atoms with van der Waals surface area (Å²) in [7, 11) is 1.48. The van der Waals surface area contributed by atoms with Gasteiger partial charge in [-0.3, -0.25) is 9.69 Å². The van der Waals surface area contributed by atoms with Gasteiger partial charge >= 0.3 is 5.97 Å². The fourth-order valence-electron chi connectivity index (χ4n) is 4.89. The number of benzene rings is 2. The van der Waals surface area contributed by atoms with Gasteiger partial charge < -0.3 is 9.64 Å². The van der Waals surface area contributed by atoms with Crippen molar-refractivity contribution < 1.29 is 9.53 Å². The Morgan fingerprint density at radius 2 is 1.58 bits per heavy atom. The summed E-state index contributed by atoms with van der Waals surface area (Å²) in [6, 6.07) is 10.3. The number of hydrogen-bond donors (Lipinski definition) is 0. The van der Waals surface area contributed by atoms with E-state index in [-0.39, 0.29) is 11.9 Å². The van der Waals surface area contributed by atoms with Gasteiger partial charge in [0, 0.05) is 41.3 Å². The minimum absolute atomic E-state index is 0.0526. The van der Waals surface area contributed by atoms with Crippen molar-refractivity contribution in [3.63, 3.8) is 0 Å². The third-order valence-corrected chi connectivity index (χ3v) is 7.50. The summed E-state index contributed by atoms with van der Waals surface area (Å²) >= 11 is 12.8. The van der Waals surface area contributed by atoms with E-state index in [1.54, 1.807) is 0 Å². The van der Waals surface area contributed by atoms with E-state index < -0.39 is 0 Å². The molecule has 2 aliphatic rings. The molecule has 0 N–H and O–H groups in total. The quantitative estimate of drug-likeness (QED) is 0.440. The average molecular weight is 492 g/mol. The maximum atomic E-state index is 11.8. The first kappa shape index (κ1) is 25.9. The maximum Gasteiger partial charge on any atom is 0.308 e. The number of rotatable bonds is 5. The summed E-state index contributed by atoms with van der Waals surface area (Å²) in [4.78, 5) is 16.6. The van der Waals surface area contributed by atoms with Gasteiger partial charge in [-0.1, -0.05) is 43.1 Å². The zero-order chi connectivity index (χ0) is 24.1. The summed E-state index contributed by atoms with van der Waals surface area (Å²) in [5.74, 6) is 0.358. The summed E-state index contributed by atoms with van der Waals surface area (Å²) in [6.45, 7) is 13.1. The first-order valence-electron chi connectivity index (χ1n) is 12.0. The molecule has 0 spiro atoms. The number of ether oxygens (including phenoxy) is 1. The molecule has 4 rings (SSSR count). The Bertz CT molecular complexity index is 921. The molecule has 2 heterocycles. The van der Waals surface area contributed by atoms with Gasteiger partial charge in [-0.25, -0.2) is 0 Å². The van der Waals surface area contributed by atoms with Crippen LogP contribution in [0.15, 0.2) is 30.3 Å². The molecular weight excluding hydrogens is 455 g/mol. The predicted molar refractivity (Wildman–Crippen MR) is 139 cm³/mol. The molecule has 2 fully saturated rings. The van der Waals surface area contributed by atoms with Gasteiger partial charge in [-0.15, -0.1) is 0 Å². The topological polar surface area (TPSA) is 32.8 Å². The number of methoxy groups -OCH3 is 1. The smallest absolute Gasteiger partial charge is 0.308 e. The number of piperidine rings is 1. The SMILES string of the molecule is CC.COC(=O)C1CCN(Cc2c(C)cc(N3CC(c4c(Cl)cccc4Cl)C3)cc2C)CC1. The van der Waals surface area contributed by atoms with Crippen molar-refractivity contribution in [2.75, 3.05) is 38.2 Å². The van der Waals surface area contributed by atoms with E-state index in [0.717, 1.165) is 61.2 Å². The van der Waals surface area contributed by atoms with Crippen LogP contribution in [0.1, 0.15) is 54.9 Å². The fourth-order valence-corrected chi connectivity index (χ4v) is 5.60. The molecule has 0 unspecified atom stereocenters. The van der Waals surface area contributed by atoms with Crippen LogP contribution in [0.2, 0.25) is 10.0 Å². The van der Waals surface area contributed by atoms with Crippen LogP contribution in [0.25, 0.3) is 0 Å². The summed E-state index contributed by atoms with van der Waals surface area (Å²) in [5, 5.41) is 1.52. The molecule has 2 aliphatic heterocycles. The van der Waals surface area contributed by atoms with Gasteiger partial charge in [-0.05, 0) is 86.3 Å². The first-order chi connectivity index (χ1) is 15.9. The van der Waals surface area contributed by atoms with Crippen LogP contribution >= 0.6 is 23.2 Å². The second-order valence-corrected chi connectivity index (χ2v) is 9.68. The molecule has 0 radical (unpaired) electrons. The van der Waals surface area contributed by atoms with Crippen molar-refractivity contribution in [3.05, 3.63) is 62.6 Å². The number of carbonyl (C=O) groups excluding carboxylic acids is 1. The molecule has 0 atom stereocenters. The van der Waals surface area contributed by atoms with Gasteiger partial charge in [0.2, 0.25) is 0 Å². The zero-order valence-corrected chi connectivity index (χ0v) is 22.0. The second kappa shape index (κ2) is 11.6. The molecule has 0 saturated carbocycles. The monoisotopic (exact) mass is 490 g/mol. The van der Waals surface area contributed by atoms with E-state index in [9.17, 15) is 4.79 Å². The van der Waals surface area contributed by atoms with Crippen LogP contribution in [0.3, 0.4) is 0 Å². The Kier molecular flexibility index (Phi) is 9.09. The van der Waals surface area contributed by atoms with E-state index >= 15 is 0 Å². The van der Waals surface area contributed by atoms with Crippen LogP contribution in [0, 0.1) is 19.8 Å². The van der Waals surface area contributed by atoms with Crippen molar-refractivity contribution in [2.45, 2.75) is 53.0 Å². The lowest BCUT2D eigenvalue weighted by Gasteiger charge is -2.42. The Morgan fingerprint density at radius 1 is 1.03 bits per heavy atom. The number of nitrogens with zero attached hydrogens (tertiary/aromatic N) is 2. The minimum atomic E-state index is -0.0673. The molecule has 2 saturated heterocycles. The van der Waals surface area contributed by atoms with Gasteiger partial charge in [0.1, 0.15) is 0 Å². The summed E-state index contributed by atoms with van der Waals surface area (Å²) in [6.07, 6.45) is 1.76. The highest BCUT2D eigenvalue weighted by Crippen LogP contribution is 2.39. The van der Waals surface area contributed by atoms with Gasteiger partial charge in [-0.2, -0.15) is 0 Å². The third kappa shape index (κ3) is 5.85. The highest BCUT2D eigenvalue weighted by atomic mass is 35.5. The number of likely N-dealkylation sites (tertiary alicyclic amines) is 1. The molecule has 0 aromatic heterocycles. The Balaban J connectivity index is 0.00000149. The van der Waals surface area contributed by atoms with Gasteiger partial charge in [0.05, 0.1) is 13.0 Å². The molecule has 180 valence electrons. The second-order valence-electron chi connectivity index (χ2n) is 8.87. The molecule has 2 aromatic carbocycles. The van der Waals surface area contributed by atoms with E-state index in [2.05, 4.69) is 35.8 Å². The van der Waals surface area contributed by atoms with Crippen LogP contribution < -0.4 is 4.90 Å². The Morgan fingerprint density at radius 3 is 2.09 bits per heavy atom. The minimum Gasteiger partial charge on any atom is -0.469 e. The molecule has 4 nitrogen and oxygen atoms in total. The number of hydrogen-bond acceptors (Lipinski definition) is 4. The van der Waals surface area contributed by atoms with E-state index in [0.29, 0.717) is 5.92 Å². The fraction of sp³-hybridized carbons (Fsp3) is 0.519. The average Bonchev–Trinajstić information content (AvgIpc) is 2.78. The van der Waals surface area contributed by atoms with Crippen LogP contribution in [0.4, 0.5) is 5.69 Å². The van der Waals surface area contributed by atoms with Crippen molar-refractivity contribution >= 4 is 34.9 Å². The largest absolute Gasteiger partial charge is 0.469 e. The normalized spacial score (nSPS) is 17.2.